The Morgan fingerprint density at radius 2 is 0.704 bits per heavy atom. The van der Waals surface area contributed by atoms with Gasteiger partial charge in [0.15, 0.2) is 5.82 Å². The second-order valence-electron chi connectivity index (χ2n) is 18.0. The van der Waals surface area contributed by atoms with Crippen molar-refractivity contribution >= 4 is 35.0 Å². The highest BCUT2D eigenvalue weighted by atomic mass is 15.4. The summed E-state index contributed by atoms with van der Waals surface area (Å²) in [5.41, 5.74) is 2.59. The molecule has 0 N–H and O–H groups in total. The molecule has 0 bridgehead atoms. The van der Waals surface area contributed by atoms with E-state index in [4.69, 9.17) is 39.9 Å². The number of anilines is 3. The van der Waals surface area contributed by atoms with Crippen LogP contribution in [0.3, 0.4) is 0 Å². The van der Waals surface area contributed by atoms with Crippen LogP contribution in [-0.4, -0.2) is 75.7 Å². The minimum absolute atomic E-state index is 0.242. The Balaban J connectivity index is 1.28. The Labute approximate surface area is 320 Å². The third-order valence-corrected chi connectivity index (χ3v) is 13.0. The fourth-order valence-electron chi connectivity index (χ4n) is 8.03. The number of aromatic nitrogens is 5. The largest absolute Gasteiger partial charge is 0.307 e. The maximum Gasteiger partial charge on any atom is 0.161 e. The van der Waals surface area contributed by atoms with Gasteiger partial charge in [-0.2, -0.15) is 0 Å². The van der Waals surface area contributed by atoms with Crippen LogP contribution in [0.5, 0.6) is 0 Å². The topological polar surface area (TPSA) is 111 Å². The van der Waals surface area contributed by atoms with E-state index in [1.54, 1.807) is 0 Å². The third-order valence-electron chi connectivity index (χ3n) is 13.0. The quantitative estimate of drug-likeness (QED) is 0.194. The van der Waals surface area contributed by atoms with Gasteiger partial charge in [-0.25, -0.2) is 24.9 Å². The standard InChI is InChI=1S/C43H55N11/c1-26-49-38(4,5)41(10,11)52(26)34-19-16-29(23-44-34)32-22-33(30-17-20-35(45-24-30)53-27(2)50-39(6,7)42(53,12)13)48-37(47-32)31-18-21-36(46-25-31)54-28(3)51-40(8,9)43(54,14)15/h16-25H,1-15H3. The summed E-state index contributed by atoms with van der Waals surface area (Å²) in [6, 6.07) is 14.4. The third kappa shape index (κ3) is 5.61. The summed E-state index contributed by atoms with van der Waals surface area (Å²) in [7, 11) is 0. The van der Waals surface area contributed by atoms with Crippen molar-refractivity contribution in [3.05, 3.63) is 61.1 Å². The molecule has 0 aromatic carbocycles. The molecule has 0 amide bonds. The Kier molecular flexibility index (Phi) is 8.26. The van der Waals surface area contributed by atoms with Gasteiger partial charge in [0.1, 0.15) is 35.0 Å². The van der Waals surface area contributed by atoms with E-state index in [1.165, 1.54) is 0 Å². The van der Waals surface area contributed by atoms with Crippen molar-refractivity contribution in [3.63, 3.8) is 0 Å². The van der Waals surface area contributed by atoms with Crippen molar-refractivity contribution in [2.75, 3.05) is 14.7 Å². The minimum Gasteiger partial charge on any atom is -0.307 e. The number of nitrogens with zero attached hydrogens (tertiary/aromatic N) is 11. The number of amidine groups is 3. The molecule has 0 spiro atoms. The molecule has 11 heteroatoms. The molecule has 3 aliphatic rings. The van der Waals surface area contributed by atoms with Crippen LogP contribution in [0.1, 0.15) is 104 Å². The monoisotopic (exact) mass is 725 g/mol. The summed E-state index contributed by atoms with van der Waals surface area (Å²) in [5, 5.41) is 0. The lowest BCUT2D eigenvalue weighted by atomic mass is 9.83. The first-order valence-electron chi connectivity index (χ1n) is 18.9. The summed E-state index contributed by atoms with van der Waals surface area (Å²) in [5.74, 6) is 5.96. The molecule has 7 rings (SSSR count). The number of pyridine rings is 3. The predicted octanol–water partition coefficient (Wildman–Crippen LogP) is 9.05. The van der Waals surface area contributed by atoms with Crippen LogP contribution in [-0.2, 0) is 0 Å². The molecule has 0 saturated carbocycles. The fraction of sp³-hybridized carbons (Fsp3) is 0.488. The van der Waals surface area contributed by atoms with Gasteiger partial charge in [-0.05, 0) is 146 Å². The molecule has 0 fully saturated rings. The molecule has 4 aromatic rings. The Morgan fingerprint density at radius 1 is 0.407 bits per heavy atom. The maximum atomic E-state index is 5.10. The highest BCUT2D eigenvalue weighted by molar-refractivity contribution is 6.01. The fourth-order valence-corrected chi connectivity index (χ4v) is 8.03. The predicted molar refractivity (Wildman–Crippen MR) is 223 cm³/mol. The van der Waals surface area contributed by atoms with Crippen LogP contribution in [0.4, 0.5) is 17.5 Å². The Hall–Kier alpha value is -5.06. The molecular formula is C43H55N11. The number of aliphatic imine (C=N–C) groups is 3. The van der Waals surface area contributed by atoms with E-state index in [-0.39, 0.29) is 33.2 Å². The molecule has 0 radical (unpaired) electrons. The first-order chi connectivity index (χ1) is 25.0. The highest BCUT2D eigenvalue weighted by Crippen LogP contribution is 2.43. The van der Waals surface area contributed by atoms with Gasteiger partial charge in [-0.3, -0.25) is 15.0 Å². The first-order valence-corrected chi connectivity index (χ1v) is 18.9. The van der Waals surface area contributed by atoms with Gasteiger partial charge in [-0.1, -0.05) is 0 Å². The molecule has 0 aliphatic carbocycles. The lowest BCUT2D eigenvalue weighted by Crippen LogP contribution is -2.53. The lowest BCUT2D eigenvalue weighted by Gasteiger charge is -2.40. The average Bonchev–Trinajstić information content (AvgIpc) is 3.44. The van der Waals surface area contributed by atoms with Gasteiger partial charge in [0.05, 0.1) is 44.6 Å². The summed E-state index contributed by atoms with van der Waals surface area (Å²) >= 11 is 0. The number of rotatable bonds is 6. The smallest absolute Gasteiger partial charge is 0.161 e. The zero-order valence-corrected chi connectivity index (χ0v) is 34.7. The Bertz CT molecular complexity index is 1940. The van der Waals surface area contributed by atoms with E-state index in [0.29, 0.717) is 5.82 Å². The zero-order valence-electron chi connectivity index (χ0n) is 34.7. The summed E-state index contributed by atoms with van der Waals surface area (Å²) in [6.07, 6.45) is 5.64. The van der Waals surface area contributed by atoms with Crippen molar-refractivity contribution in [2.24, 2.45) is 15.0 Å². The summed E-state index contributed by atoms with van der Waals surface area (Å²) in [6.45, 7) is 32.4. The van der Waals surface area contributed by atoms with Gasteiger partial charge < -0.3 is 14.7 Å². The van der Waals surface area contributed by atoms with E-state index in [1.807, 2.05) is 57.6 Å². The molecular weight excluding hydrogens is 671 g/mol. The minimum atomic E-state index is -0.255. The van der Waals surface area contributed by atoms with Crippen LogP contribution in [0.25, 0.3) is 33.9 Å². The van der Waals surface area contributed by atoms with Crippen LogP contribution in [0.15, 0.2) is 76.0 Å². The lowest BCUT2D eigenvalue weighted by molar-refractivity contribution is 0.337. The molecule has 54 heavy (non-hydrogen) atoms. The van der Waals surface area contributed by atoms with Crippen LogP contribution < -0.4 is 14.7 Å². The van der Waals surface area contributed by atoms with E-state index in [0.717, 1.165) is 63.0 Å². The van der Waals surface area contributed by atoms with Crippen LogP contribution >= 0.6 is 0 Å². The molecule has 0 unspecified atom stereocenters. The average molecular weight is 726 g/mol. The molecule has 0 atom stereocenters. The summed E-state index contributed by atoms with van der Waals surface area (Å²) in [4.78, 5) is 46.6. The van der Waals surface area contributed by atoms with Crippen LogP contribution in [0.2, 0.25) is 0 Å². The van der Waals surface area contributed by atoms with E-state index >= 15 is 0 Å². The zero-order chi connectivity index (χ0) is 39.4. The van der Waals surface area contributed by atoms with Crippen molar-refractivity contribution in [1.29, 1.82) is 0 Å². The van der Waals surface area contributed by atoms with Crippen molar-refractivity contribution in [1.82, 2.24) is 24.9 Å². The van der Waals surface area contributed by atoms with Gasteiger partial charge in [0.2, 0.25) is 0 Å². The van der Waals surface area contributed by atoms with E-state index < -0.39 is 0 Å². The first kappa shape index (κ1) is 37.3. The molecule has 0 saturated heterocycles. The van der Waals surface area contributed by atoms with Gasteiger partial charge in [-0.15, -0.1) is 0 Å². The van der Waals surface area contributed by atoms with Crippen molar-refractivity contribution in [2.45, 2.75) is 137 Å². The SMILES string of the molecule is CC1=NC(C)(C)C(C)(C)N1c1ccc(-c2cc(-c3ccc(N4C(C)=NC(C)(C)C4(C)C)nc3)nc(-c3ccc(N4C(C)=NC(C)(C)C4(C)C)nc3)n2)cn1. The van der Waals surface area contributed by atoms with E-state index in [9.17, 15) is 0 Å². The Morgan fingerprint density at radius 3 is 0.944 bits per heavy atom. The van der Waals surface area contributed by atoms with Gasteiger partial charge in [0, 0.05) is 35.3 Å². The molecule has 282 valence electrons. The van der Waals surface area contributed by atoms with Crippen molar-refractivity contribution in [3.8, 4) is 33.9 Å². The number of hydrogen-bond acceptors (Lipinski definition) is 11. The molecule has 7 heterocycles. The maximum absolute atomic E-state index is 5.10. The molecule has 11 nitrogen and oxygen atoms in total. The second kappa shape index (κ2) is 12.0. The number of hydrogen-bond donors (Lipinski definition) is 0. The van der Waals surface area contributed by atoms with Crippen molar-refractivity contribution < 1.29 is 0 Å². The highest BCUT2D eigenvalue weighted by Gasteiger charge is 2.50. The second-order valence-corrected chi connectivity index (χ2v) is 18.0. The molecule has 4 aromatic heterocycles. The van der Waals surface area contributed by atoms with Gasteiger partial charge >= 0.3 is 0 Å². The molecule has 3 aliphatic heterocycles. The van der Waals surface area contributed by atoms with E-state index in [2.05, 4.69) is 122 Å². The summed E-state index contributed by atoms with van der Waals surface area (Å²) < 4.78 is 0. The normalized spacial score (nSPS) is 21.6. The van der Waals surface area contributed by atoms with Gasteiger partial charge in [0.25, 0.3) is 0 Å². The van der Waals surface area contributed by atoms with Crippen LogP contribution in [0, 0.1) is 0 Å².